The predicted octanol–water partition coefficient (Wildman–Crippen LogP) is 4.97. The summed E-state index contributed by atoms with van der Waals surface area (Å²) in [5, 5.41) is 0. The molecule has 0 bridgehead atoms. The summed E-state index contributed by atoms with van der Waals surface area (Å²) in [5.74, 6) is 0. The zero-order valence-corrected chi connectivity index (χ0v) is 26.6. The molecule has 0 aliphatic rings. The SMILES string of the molecule is C=NC.CC(C)(C)OC(=O)N=C(C(F)(F)F)C(F)(F)F.I.II.I[I-]I. The van der Waals surface area contributed by atoms with E-state index in [1.807, 2.05) is 4.99 Å². The molecule has 0 aromatic carbocycles. The van der Waals surface area contributed by atoms with E-state index in [2.05, 4.69) is 90.9 Å². The number of carbonyl (C=O) groups is 1. The van der Waals surface area contributed by atoms with Crippen LogP contribution in [0.15, 0.2) is 9.98 Å². The molecule has 0 rings (SSSR count). The van der Waals surface area contributed by atoms with Gasteiger partial charge in [0.1, 0.15) is 5.60 Å². The van der Waals surface area contributed by atoms with E-state index in [0.29, 0.717) is 13.3 Å². The number of carbonyl (C=O) groups excluding carboxylic acids is 1. The summed E-state index contributed by atoms with van der Waals surface area (Å²) >= 11 is 9.54. The van der Waals surface area contributed by atoms with E-state index >= 15 is 0 Å². The fourth-order valence-electron chi connectivity index (χ4n) is 0.664. The summed E-state index contributed by atoms with van der Waals surface area (Å²) < 4.78 is 75.9. The molecule has 0 atom stereocenters. The summed E-state index contributed by atoms with van der Waals surface area (Å²) in [5.41, 5.74) is -4.37. The molecule has 0 aliphatic carbocycles. The fraction of sp³-hybridized carbons (Fsp3) is 0.700. The third kappa shape index (κ3) is 31.5. The van der Waals surface area contributed by atoms with Crippen molar-refractivity contribution in [1.82, 2.24) is 0 Å². The van der Waals surface area contributed by atoms with Crippen LogP contribution in [0.3, 0.4) is 0 Å². The zero-order chi connectivity index (χ0) is 21.5. The van der Waals surface area contributed by atoms with Gasteiger partial charge in [0.25, 0.3) is 0 Å². The van der Waals surface area contributed by atoms with Crippen molar-refractivity contribution in [2.75, 3.05) is 7.05 Å². The van der Waals surface area contributed by atoms with Crippen LogP contribution >= 0.6 is 98.4 Å². The number of ether oxygens (including phenoxy) is 1. The first-order valence-electron chi connectivity index (χ1n) is 5.39. The predicted molar refractivity (Wildman–Crippen MR) is 133 cm³/mol. The van der Waals surface area contributed by atoms with Crippen molar-refractivity contribution in [2.45, 2.75) is 38.7 Å². The van der Waals surface area contributed by atoms with Crippen LogP contribution in [0, 0.1) is 0 Å². The number of alkyl halides is 6. The van der Waals surface area contributed by atoms with Crippen LogP contribution < -0.4 is 13.3 Å². The zero-order valence-electron chi connectivity index (χ0n) is 13.5. The van der Waals surface area contributed by atoms with Crippen molar-refractivity contribution in [2.24, 2.45) is 9.98 Å². The van der Waals surface area contributed by atoms with Crippen LogP contribution in [-0.2, 0) is 4.74 Å². The van der Waals surface area contributed by atoms with E-state index in [1.54, 1.807) is 7.05 Å². The number of nitrogens with zero attached hydrogens (tertiary/aromatic N) is 2. The Kier molecular flexibility index (Phi) is 31.7. The summed E-state index contributed by atoms with van der Waals surface area (Å²) in [7, 11) is 1.64. The molecule has 1 amide bonds. The summed E-state index contributed by atoms with van der Waals surface area (Å²) in [6, 6.07) is 0. The summed E-state index contributed by atoms with van der Waals surface area (Å²) in [4.78, 5) is 15.9. The third-order valence-electron chi connectivity index (χ3n) is 1.13. The molecule has 0 aromatic rings. The Morgan fingerprint density at radius 1 is 1.00 bits per heavy atom. The van der Waals surface area contributed by atoms with Crippen LogP contribution in [0.2, 0.25) is 0 Å². The molecule has 0 heterocycles. The number of rotatable bonds is 0. The van der Waals surface area contributed by atoms with E-state index < -0.39 is 29.8 Å². The molecule has 4 nitrogen and oxygen atoms in total. The Hall–Kier alpha value is 2.77. The van der Waals surface area contributed by atoms with Crippen molar-refractivity contribution in [3.63, 3.8) is 0 Å². The van der Waals surface area contributed by atoms with Gasteiger partial charge in [-0.3, -0.25) is 0 Å². The van der Waals surface area contributed by atoms with Crippen LogP contribution in [-0.4, -0.2) is 43.5 Å². The van der Waals surface area contributed by atoms with Crippen molar-refractivity contribution in [3.8, 4) is 0 Å². The van der Waals surface area contributed by atoms with E-state index in [1.165, 1.54) is 20.8 Å². The minimum absolute atomic E-state index is 0. The van der Waals surface area contributed by atoms with Crippen LogP contribution in [0.25, 0.3) is 0 Å². The molecule has 0 aromatic heterocycles. The molecule has 162 valence electrons. The molecule has 0 unspecified atom stereocenters. The van der Waals surface area contributed by atoms with Crippen molar-refractivity contribution in [3.05, 3.63) is 0 Å². The number of hydrogen-bond acceptors (Lipinski definition) is 3. The van der Waals surface area contributed by atoms with E-state index in [-0.39, 0.29) is 24.0 Å². The van der Waals surface area contributed by atoms with Gasteiger partial charge in [-0.1, -0.05) is 0 Å². The normalized spacial score (nSPS) is 10.2. The molecule has 0 fully saturated rings. The second-order valence-electron chi connectivity index (χ2n) is 4.31. The van der Waals surface area contributed by atoms with E-state index in [4.69, 9.17) is 0 Å². The number of amides is 1. The van der Waals surface area contributed by atoms with Crippen molar-refractivity contribution in [1.29, 1.82) is 0 Å². The number of aliphatic imine (C=N–C) groups is 2. The maximum atomic E-state index is 12.0. The molecular weight excluding hydrogens is 1060 g/mol. The van der Waals surface area contributed by atoms with Gasteiger partial charge in [0, 0.05) is 44.3 Å². The molecule has 0 saturated heterocycles. The van der Waals surface area contributed by atoms with Crippen LogP contribution in [0.5, 0.6) is 0 Å². The van der Waals surface area contributed by atoms with Gasteiger partial charge in [-0.25, -0.2) is 4.79 Å². The second kappa shape index (κ2) is 21.0. The van der Waals surface area contributed by atoms with Crippen molar-refractivity contribution < 1.29 is 49.1 Å². The summed E-state index contributed by atoms with van der Waals surface area (Å²) in [6.45, 7) is 6.95. The molecule has 16 heteroatoms. The maximum absolute atomic E-state index is 12.0. The van der Waals surface area contributed by atoms with Gasteiger partial charge in [0.2, 0.25) is 5.71 Å². The Balaban J connectivity index is -0.000000140. The van der Waals surface area contributed by atoms with Crippen LogP contribution in [0.1, 0.15) is 20.8 Å². The molecule has 0 N–H and O–H groups in total. The van der Waals surface area contributed by atoms with Gasteiger partial charge in [-0.2, -0.15) is 31.3 Å². The van der Waals surface area contributed by atoms with Gasteiger partial charge < -0.3 is 9.73 Å². The molecule has 26 heavy (non-hydrogen) atoms. The Morgan fingerprint density at radius 2 is 1.23 bits per heavy atom. The first-order valence-corrected chi connectivity index (χ1v) is 24.2. The van der Waals surface area contributed by atoms with Gasteiger partial charge >= 0.3 is 68.9 Å². The molecule has 0 radical (unpaired) electrons. The quantitative estimate of drug-likeness (QED) is 0.196. The minimum atomic E-state index is -5.77. The molecule has 0 spiro atoms. The van der Waals surface area contributed by atoms with Crippen LogP contribution in [0.4, 0.5) is 31.1 Å². The standard InChI is InChI=1S/C8H9F6NO2.C2H5N.I3.I2.HI/c1-6(2,3)17-5(16)15-4(7(9,10)11)8(12,13)14;2*1-3-2;1-2;/h1-3H3;1H2,2H3;;;1H/q;;-1;;. The summed E-state index contributed by atoms with van der Waals surface area (Å²) in [6.07, 6.45) is -13.5. The van der Waals surface area contributed by atoms with Gasteiger partial charge in [-0.15, -0.1) is 24.0 Å². The van der Waals surface area contributed by atoms with Gasteiger partial charge in [-0.05, 0) is 27.5 Å². The topological polar surface area (TPSA) is 51.0 Å². The Labute approximate surface area is 218 Å². The average molecular weight is 1070 g/mol. The number of hydrogen-bond donors (Lipinski definition) is 0. The second-order valence-corrected chi connectivity index (χ2v) is 20.6. The Morgan fingerprint density at radius 3 is 1.38 bits per heavy atom. The van der Waals surface area contributed by atoms with Crippen molar-refractivity contribution >= 4 is 117 Å². The Bertz CT molecular complexity index is 383. The van der Waals surface area contributed by atoms with E-state index in [9.17, 15) is 31.1 Å². The monoisotopic (exact) mass is 1070 g/mol. The van der Waals surface area contributed by atoms with Gasteiger partial charge in [0.05, 0.1) is 0 Å². The first kappa shape index (κ1) is 39.3. The molecule has 0 aliphatic heterocycles. The fourth-order valence-corrected chi connectivity index (χ4v) is 0.664. The van der Waals surface area contributed by atoms with E-state index in [0.717, 1.165) is 0 Å². The number of halogens is 12. The average Bonchev–Trinajstić information content (AvgIpc) is 2.35. The van der Waals surface area contributed by atoms with Gasteiger partial charge in [0.15, 0.2) is 0 Å². The first-order chi connectivity index (χ1) is 11.1. The third-order valence-corrected chi connectivity index (χ3v) is 1.13. The molecular formula is C10H15F6I6N2O2-. The molecule has 0 saturated carbocycles.